The fraction of sp³-hybridized carbons (Fsp3) is 0.347. The minimum absolute atomic E-state index is 0. The van der Waals surface area contributed by atoms with Crippen molar-refractivity contribution < 1.29 is 46.2 Å². The highest BCUT2D eigenvalue weighted by Gasteiger charge is 2.43. The number of amides is 1. The molecule has 2 fully saturated rings. The molecule has 0 aliphatic carbocycles. The topological polar surface area (TPSA) is 89.7 Å². The molecule has 0 radical (unpaired) electrons. The van der Waals surface area contributed by atoms with E-state index in [9.17, 15) is 14.7 Å². The second-order valence-electron chi connectivity index (χ2n) is 15.2. The van der Waals surface area contributed by atoms with Crippen molar-refractivity contribution in [3.63, 3.8) is 0 Å². The van der Waals surface area contributed by atoms with Crippen molar-refractivity contribution in [3.05, 3.63) is 155 Å². The van der Waals surface area contributed by atoms with Crippen molar-refractivity contribution in [3.8, 4) is 0 Å². The molecular formula is C49H57ClN2O6S2. The van der Waals surface area contributed by atoms with Gasteiger partial charge in [-0.05, 0) is 69.7 Å². The smallest absolute Gasteiger partial charge is 0.509 e. The SMILES string of the molecule is CCOC(=O)OC1(c2ccccc2Sc2ccc(C)cc2)CCN(C(=O)OCC)CC1.Cc1ccc(Sc2ccccc2C2(O)CC[NH+](Cc3ccccc3)CC2)cc1.[Cl-]. The molecule has 1 amide bonds. The van der Waals surface area contributed by atoms with Gasteiger partial charge in [-0.25, -0.2) is 9.59 Å². The summed E-state index contributed by atoms with van der Waals surface area (Å²) >= 11 is 3.39. The lowest BCUT2D eigenvalue weighted by molar-refractivity contribution is -0.921. The molecule has 11 heteroatoms. The van der Waals surface area contributed by atoms with Gasteiger partial charge in [0.05, 0.1) is 26.3 Å². The standard InChI is InChI=1S/C25H27NOS.C24H29NO5S.ClH/c1-20-11-13-22(14-12-20)28-24-10-6-5-9-23(24)25(27)15-17-26(18-16-25)19-21-7-3-2-4-8-21;1-4-28-22(26)25-16-14-24(15-17-25,30-23(27)29-5-2)20-8-6-7-9-21(20)31-19-12-10-18(3)11-13-19;/h2-14,27H,15-19H2,1H3;6-13H,4-5,14-17H2,1-3H3;1H. The zero-order chi connectivity index (χ0) is 41.7. The Bertz CT molecular complexity index is 2100. The van der Waals surface area contributed by atoms with Gasteiger partial charge in [-0.3, -0.25) is 0 Å². The molecular weight excluding hydrogens is 812 g/mol. The molecule has 0 bridgehead atoms. The highest BCUT2D eigenvalue weighted by Crippen LogP contribution is 2.44. The molecule has 0 saturated carbocycles. The van der Waals surface area contributed by atoms with E-state index in [0.717, 1.165) is 53.4 Å². The van der Waals surface area contributed by atoms with E-state index in [1.165, 1.54) is 26.5 Å². The molecule has 5 aromatic carbocycles. The van der Waals surface area contributed by atoms with Crippen LogP contribution in [0.1, 0.15) is 67.3 Å². The summed E-state index contributed by atoms with van der Waals surface area (Å²) in [4.78, 5) is 32.2. The molecule has 2 N–H and O–H groups in total. The molecule has 0 atom stereocenters. The van der Waals surface area contributed by atoms with Gasteiger partial charge in [-0.1, -0.05) is 126 Å². The monoisotopic (exact) mass is 868 g/mol. The van der Waals surface area contributed by atoms with Gasteiger partial charge in [0.1, 0.15) is 17.7 Å². The average molecular weight is 870 g/mol. The van der Waals surface area contributed by atoms with Gasteiger partial charge in [0.25, 0.3) is 0 Å². The second-order valence-corrected chi connectivity index (χ2v) is 17.5. The number of nitrogens with one attached hydrogen (secondary N) is 1. The highest BCUT2D eigenvalue weighted by atomic mass is 35.5. The first-order chi connectivity index (χ1) is 28.6. The quantitative estimate of drug-likeness (QED) is 0.138. The lowest BCUT2D eigenvalue weighted by atomic mass is 9.84. The summed E-state index contributed by atoms with van der Waals surface area (Å²) in [5.41, 5.74) is 4.25. The molecule has 5 aromatic rings. The van der Waals surface area contributed by atoms with Crippen LogP contribution in [0.4, 0.5) is 9.59 Å². The van der Waals surface area contributed by atoms with E-state index in [2.05, 4.69) is 117 Å². The van der Waals surface area contributed by atoms with Crippen molar-refractivity contribution in [2.45, 2.75) is 90.7 Å². The lowest BCUT2D eigenvalue weighted by Gasteiger charge is -2.41. The number of nitrogens with zero attached hydrogens (tertiary/aromatic N) is 1. The van der Waals surface area contributed by atoms with Gasteiger partial charge in [0.15, 0.2) is 0 Å². The number of carbonyl (C=O) groups excluding carboxylic acids is 2. The molecule has 2 saturated heterocycles. The van der Waals surface area contributed by atoms with E-state index in [-0.39, 0.29) is 25.1 Å². The summed E-state index contributed by atoms with van der Waals surface area (Å²) in [6, 6.07) is 43.9. The largest absolute Gasteiger partial charge is 1.00 e. The van der Waals surface area contributed by atoms with Crippen molar-refractivity contribution in [1.29, 1.82) is 0 Å². The molecule has 60 heavy (non-hydrogen) atoms. The van der Waals surface area contributed by atoms with Crippen molar-refractivity contribution in [1.82, 2.24) is 4.90 Å². The minimum atomic E-state index is -0.871. The number of piperidine rings is 2. The van der Waals surface area contributed by atoms with E-state index in [1.807, 2.05) is 24.3 Å². The van der Waals surface area contributed by atoms with Crippen LogP contribution >= 0.6 is 23.5 Å². The van der Waals surface area contributed by atoms with Crippen LogP contribution in [-0.2, 0) is 32.0 Å². The van der Waals surface area contributed by atoms with Crippen LogP contribution in [-0.4, -0.2) is 61.6 Å². The number of likely N-dealkylation sites (tertiary alicyclic amines) is 2. The van der Waals surface area contributed by atoms with Crippen molar-refractivity contribution in [2.75, 3.05) is 39.4 Å². The van der Waals surface area contributed by atoms with Crippen LogP contribution in [0.5, 0.6) is 0 Å². The first kappa shape index (κ1) is 46.6. The van der Waals surface area contributed by atoms with Gasteiger partial charge in [-0.15, -0.1) is 0 Å². The first-order valence-electron chi connectivity index (χ1n) is 20.6. The van der Waals surface area contributed by atoms with Crippen molar-refractivity contribution in [2.24, 2.45) is 0 Å². The number of rotatable bonds is 11. The van der Waals surface area contributed by atoms with Gasteiger partial charge in [0.2, 0.25) is 0 Å². The maximum atomic E-state index is 12.4. The molecule has 0 aromatic heterocycles. The van der Waals surface area contributed by atoms with Crippen LogP contribution < -0.4 is 17.3 Å². The zero-order valence-electron chi connectivity index (χ0n) is 35.0. The van der Waals surface area contributed by atoms with Gasteiger partial charge < -0.3 is 41.5 Å². The fourth-order valence-electron chi connectivity index (χ4n) is 7.68. The maximum absolute atomic E-state index is 12.4. The third-order valence-electron chi connectivity index (χ3n) is 11.0. The molecule has 2 heterocycles. The Labute approximate surface area is 370 Å². The predicted molar refractivity (Wildman–Crippen MR) is 235 cm³/mol. The zero-order valence-corrected chi connectivity index (χ0v) is 37.4. The Morgan fingerprint density at radius 2 is 1.13 bits per heavy atom. The average Bonchev–Trinajstić information content (AvgIpc) is 3.25. The van der Waals surface area contributed by atoms with Gasteiger partial charge in [-0.2, -0.15) is 0 Å². The Morgan fingerprint density at radius 1 is 0.650 bits per heavy atom. The summed E-state index contributed by atoms with van der Waals surface area (Å²) in [6.45, 7) is 12.2. The van der Waals surface area contributed by atoms with Crippen LogP contribution in [0.25, 0.3) is 0 Å². The minimum Gasteiger partial charge on any atom is -1.00 e. The number of aryl methyl sites for hydroxylation is 2. The Kier molecular flexibility index (Phi) is 17.4. The van der Waals surface area contributed by atoms with E-state index >= 15 is 0 Å². The number of hydrogen-bond acceptors (Lipinski definition) is 8. The van der Waals surface area contributed by atoms with Crippen LogP contribution in [0, 0.1) is 13.8 Å². The second kappa shape index (κ2) is 22.4. The Balaban J connectivity index is 0.000000225. The Morgan fingerprint density at radius 3 is 1.67 bits per heavy atom. The van der Waals surface area contributed by atoms with Gasteiger partial charge >= 0.3 is 12.2 Å². The van der Waals surface area contributed by atoms with E-state index in [1.54, 1.807) is 47.2 Å². The molecule has 0 spiro atoms. The molecule has 7 rings (SSSR count). The molecule has 2 aliphatic heterocycles. The third-order valence-corrected chi connectivity index (χ3v) is 13.2. The summed E-state index contributed by atoms with van der Waals surface area (Å²) < 4.78 is 16.2. The van der Waals surface area contributed by atoms with E-state index < -0.39 is 17.4 Å². The van der Waals surface area contributed by atoms with E-state index in [0.29, 0.717) is 32.5 Å². The number of aliphatic hydroxyl groups is 1. The fourth-order valence-corrected chi connectivity index (χ4v) is 9.76. The number of ether oxygens (including phenoxy) is 3. The number of quaternary nitrogens is 1. The van der Waals surface area contributed by atoms with Crippen LogP contribution in [0.3, 0.4) is 0 Å². The molecule has 0 unspecified atom stereocenters. The maximum Gasteiger partial charge on any atom is 0.509 e. The molecule has 318 valence electrons. The number of hydrogen-bond donors (Lipinski definition) is 2. The number of benzene rings is 5. The molecule has 2 aliphatic rings. The normalized spacial score (nSPS) is 18.2. The highest BCUT2D eigenvalue weighted by molar-refractivity contribution is 7.99. The van der Waals surface area contributed by atoms with E-state index in [4.69, 9.17) is 14.2 Å². The lowest BCUT2D eigenvalue weighted by Crippen LogP contribution is -3.12. The van der Waals surface area contributed by atoms with Crippen LogP contribution in [0.2, 0.25) is 0 Å². The number of carbonyl (C=O) groups is 2. The summed E-state index contributed by atoms with van der Waals surface area (Å²) in [5, 5.41) is 11.5. The third kappa shape index (κ3) is 12.6. The summed E-state index contributed by atoms with van der Waals surface area (Å²) in [6.07, 6.45) is 1.52. The molecule has 8 nitrogen and oxygen atoms in total. The van der Waals surface area contributed by atoms with Gasteiger partial charge in [0, 0.05) is 69.5 Å². The Hall–Kier alpha value is -4.45. The first-order valence-corrected chi connectivity index (χ1v) is 22.3. The van der Waals surface area contributed by atoms with Crippen LogP contribution in [0.15, 0.2) is 147 Å². The predicted octanol–water partition coefficient (Wildman–Crippen LogP) is 6.98. The number of halogens is 1. The van der Waals surface area contributed by atoms with Crippen molar-refractivity contribution >= 4 is 35.8 Å². The summed E-state index contributed by atoms with van der Waals surface area (Å²) in [7, 11) is 0. The summed E-state index contributed by atoms with van der Waals surface area (Å²) in [5.74, 6) is 0.